The van der Waals surface area contributed by atoms with Crippen molar-refractivity contribution in [1.82, 2.24) is 5.32 Å². The summed E-state index contributed by atoms with van der Waals surface area (Å²) in [6.07, 6.45) is 0.736. The lowest BCUT2D eigenvalue weighted by molar-refractivity contribution is 0.0942. The summed E-state index contributed by atoms with van der Waals surface area (Å²) in [4.78, 5) is 25.3. The van der Waals surface area contributed by atoms with E-state index in [-0.39, 0.29) is 11.7 Å². The average molecular weight is 364 g/mol. The molecule has 0 aliphatic heterocycles. The highest BCUT2D eigenvalue weighted by Crippen LogP contribution is 2.17. The summed E-state index contributed by atoms with van der Waals surface area (Å²) in [5.41, 5.74) is 2.41. The van der Waals surface area contributed by atoms with Crippen molar-refractivity contribution in [2.24, 2.45) is 0 Å². The number of nitrogens with one attached hydrogen (secondary N) is 1. The number of hydrogen-bond donors (Lipinski definition) is 1. The number of carbonyl (C=O) groups is 2. The number of ketones is 1. The molecule has 26 heavy (non-hydrogen) atoms. The van der Waals surface area contributed by atoms with Gasteiger partial charge in [0, 0.05) is 22.7 Å². The standard InChI is InChI=1S/C22H18ClNO2/c23-18-12-10-17(11-13-18)21(25)19-8-4-5-9-20(19)22(26)24-15-14-16-6-2-1-3-7-16/h1-13H,14-15H2,(H,24,26). The fraction of sp³-hybridized carbons (Fsp3) is 0.0909. The van der Waals surface area contributed by atoms with Crippen molar-refractivity contribution in [3.05, 3.63) is 106 Å². The third-order valence-electron chi connectivity index (χ3n) is 4.06. The van der Waals surface area contributed by atoms with E-state index >= 15 is 0 Å². The molecule has 0 aromatic heterocycles. The molecule has 1 N–H and O–H groups in total. The van der Waals surface area contributed by atoms with Crippen LogP contribution in [0, 0.1) is 0 Å². The Labute approximate surface area is 157 Å². The van der Waals surface area contributed by atoms with Crippen molar-refractivity contribution in [1.29, 1.82) is 0 Å². The van der Waals surface area contributed by atoms with Crippen molar-refractivity contribution in [3.63, 3.8) is 0 Å². The Morgan fingerprint density at radius 1 is 0.769 bits per heavy atom. The Hall–Kier alpha value is -2.91. The summed E-state index contributed by atoms with van der Waals surface area (Å²) in [6.45, 7) is 0.506. The van der Waals surface area contributed by atoms with E-state index in [0.29, 0.717) is 28.3 Å². The number of carbonyl (C=O) groups excluding carboxylic acids is 2. The van der Waals surface area contributed by atoms with E-state index in [4.69, 9.17) is 11.6 Å². The zero-order valence-corrected chi connectivity index (χ0v) is 14.9. The highest BCUT2D eigenvalue weighted by atomic mass is 35.5. The van der Waals surface area contributed by atoms with E-state index < -0.39 is 0 Å². The molecule has 0 aliphatic rings. The Morgan fingerprint density at radius 3 is 2.08 bits per heavy atom. The molecule has 0 heterocycles. The molecule has 0 radical (unpaired) electrons. The van der Waals surface area contributed by atoms with Crippen LogP contribution in [0.25, 0.3) is 0 Å². The van der Waals surface area contributed by atoms with Crippen LogP contribution in [0.2, 0.25) is 5.02 Å². The van der Waals surface area contributed by atoms with Gasteiger partial charge in [-0.3, -0.25) is 9.59 Å². The first-order valence-electron chi connectivity index (χ1n) is 8.36. The van der Waals surface area contributed by atoms with Gasteiger partial charge in [0.15, 0.2) is 5.78 Å². The first-order chi connectivity index (χ1) is 12.6. The van der Waals surface area contributed by atoms with Crippen LogP contribution in [0.5, 0.6) is 0 Å². The Morgan fingerprint density at radius 2 is 1.38 bits per heavy atom. The van der Waals surface area contributed by atoms with Gasteiger partial charge in [-0.1, -0.05) is 60.1 Å². The second-order valence-corrected chi connectivity index (χ2v) is 6.31. The number of benzene rings is 3. The summed E-state index contributed by atoms with van der Waals surface area (Å²) in [7, 11) is 0. The van der Waals surface area contributed by atoms with Crippen LogP contribution in [0.4, 0.5) is 0 Å². The molecule has 3 aromatic rings. The molecule has 0 saturated heterocycles. The molecule has 0 spiro atoms. The van der Waals surface area contributed by atoms with E-state index in [9.17, 15) is 9.59 Å². The van der Waals surface area contributed by atoms with E-state index in [1.54, 1.807) is 48.5 Å². The van der Waals surface area contributed by atoms with Gasteiger partial charge in [-0.2, -0.15) is 0 Å². The number of rotatable bonds is 6. The van der Waals surface area contributed by atoms with E-state index in [0.717, 1.165) is 12.0 Å². The molecular formula is C22H18ClNO2. The summed E-state index contributed by atoms with van der Waals surface area (Å²) >= 11 is 5.88. The van der Waals surface area contributed by atoms with Gasteiger partial charge >= 0.3 is 0 Å². The molecule has 4 heteroatoms. The van der Waals surface area contributed by atoms with E-state index in [2.05, 4.69) is 5.32 Å². The second kappa shape index (κ2) is 8.45. The molecule has 3 aromatic carbocycles. The first-order valence-corrected chi connectivity index (χ1v) is 8.74. The van der Waals surface area contributed by atoms with Crippen molar-refractivity contribution >= 4 is 23.3 Å². The zero-order chi connectivity index (χ0) is 18.4. The second-order valence-electron chi connectivity index (χ2n) is 5.87. The van der Waals surface area contributed by atoms with Crippen LogP contribution in [0.3, 0.4) is 0 Å². The lowest BCUT2D eigenvalue weighted by Gasteiger charge is -2.10. The lowest BCUT2D eigenvalue weighted by atomic mass is 9.98. The lowest BCUT2D eigenvalue weighted by Crippen LogP contribution is -2.27. The van der Waals surface area contributed by atoms with Gasteiger partial charge in [0.25, 0.3) is 5.91 Å². The van der Waals surface area contributed by atoms with Gasteiger partial charge in [0.05, 0.1) is 5.56 Å². The SMILES string of the molecule is O=C(NCCc1ccccc1)c1ccccc1C(=O)c1ccc(Cl)cc1. The summed E-state index contributed by atoms with van der Waals surface area (Å²) < 4.78 is 0. The van der Waals surface area contributed by atoms with E-state index in [1.807, 2.05) is 30.3 Å². The molecule has 0 atom stereocenters. The van der Waals surface area contributed by atoms with Crippen molar-refractivity contribution in [3.8, 4) is 0 Å². The predicted molar refractivity (Wildman–Crippen MR) is 104 cm³/mol. The highest BCUT2D eigenvalue weighted by molar-refractivity contribution is 6.30. The molecule has 0 unspecified atom stereocenters. The predicted octanol–water partition coefficient (Wildman–Crippen LogP) is 4.54. The highest BCUT2D eigenvalue weighted by Gasteiger charge is 2.17. The summed E-state index contributed by atoms with van der Waals surface area (Å²) in [6, 6.07) is 23.4. The molecular weight excluding hydrogens is 346 g/mol. The van der Waals surface area contributed by atoms with Crippen LogP contribution in [0.1, 0.15) is 31.8 Å². The van der Waals surface area contributed by atoms with Gasteiger partial charge in [-0.15, -0.1) is 0 Å². The van der Waals surface area contributed by atoms with Crippen LogP contribution in [-0.2, 0) is 6.42 Å². The first kappa shape index (κ1) is 17.9. The van der Waals surface area contributed by atoms with Crippen molar-refractivity contribution in [2.45, 2.75) is 6.42 Å². The third kappa shape index (κ3) is 4.38. The van der Waals surface area contributed by atoms with Gasteiger partial charge in [-0.05, 0) is 42.3 Å². The van der Waals surface area contributed by atoms with Crippen LogP contribution in [-0.4, -0.2) is 18.2 Å². The molecule has 0 aliphatic carbocycles. The number of halogens is 1. The molecule has 1 amide bonds. The fourth-order valence-electron chi connectivity index (χ4n) is 2.70. The van der Waals surface area contributed by atoms with E-state index in [1.165, 1.54) is 0 Å². The minimum absolute atomic E-state index is 0.199. The quantitative estimate of drug-likeness (QED) is 0.653. The largest absolute Gasteiger partial charge is 0.352 e. The maximum atomic E-state index is 12.8. The Balaban J connectivity index is 1.72. The molecule has 3 rings (SSSR count). The van der Waals surface area contributed by atoms with Crippen LogP contribution < -0.4 is 5.32 Å². The zero-order valence-electron chi connectivity index (χ0n) is 14.1. The van der Waals surface area contributed by atoms with Crippen LogP contribution in [0.15, 0.2) is 78.9 Å². The molecule has 0 saturated carbocycles. The topological polar surface area (TPSA) is 46.2 Å². The van der Waals surface area contributed by atoms with Gasteiger partial charge in [0.2, 0.25) is 0 Å². The molecule has 130 valence electrons. The maximum Gasteiger partial charge on any atom is 0.252 e. The Bertz CT molecular complexity index is 905. The molecule has 0 fully saturated rings. The van der Waals surface area contributed by atoms with Gasteiger partial charge < -0.3 is 5.32 Å². The van der Waals surface area contributed by atoms with Crippen molar-refractivity contribution in [2.75, 3.05) is 6.54 Å². The fourth-order valence-corrected chi connectivity index (χ4v) is 2.82. The molecule has 0 bridgehead atoms. The van der Waals surface area contributed by atoms with Gasteiger partial charge in [-0.25, -0.2) is 0 Å². The average Bonchev–Trinajstić information content (AvgIpc) is 2.69. The minimum Gasteiger partial charge on any atom is -0.352 e. The van der Waals surface area contributed by atoms with Crippen molar-refractivity contribution < 1.29 is 9.59 Å². The number of amides is 1. The van der Waals surface area contributed by atoms with Crippen LogP contribution >= 0.6 is 11.6 Å². The van der Waals surface area contributed by atoms with Gasteiger partial charge in [0.1, 0.15) is 0 Å². The smallest absolute Gasteiger partial charge is 0.252 e. The minimum atomic E-state index is -0.251. The normalized spacial score (nSPS) is 10.3. The number of hydrogen-bond acceptors (Lipinski definition) is 2. The molecule has 3 nitrogen and oxygen atoms in total. The summed E-state index contributed by atoms with van der Waals surface area (Å²) in [5.74, 6) is -0.450. The maximum absolute atomic E-state index is 12.8. The third-order valence-corrected chi connectivity index (χ3v) is 4.32. The summed E-state index contributed by atoms with van der Waals surface area (Å²) in [5, 5.41) is 3.45. The Kier molecular flexibility index (Phi) is 5.82. The monoisotopic (exact) mass is 363 g/mol.